The predicted molar refractivity (Wildman–Crippen MR) is 68.9 cm³/mol. The summed E-state index contributed by atoms with van der Waals surface area (Å²) in [6, 6.07) is 3.88. The van der Waals surface area contributed by atoms with Crippen molar-refractivity contribution in [1.29, 1.82) is 0 Å². The van der Waals surface area contributed by atoms with Gasteiger partial charge in [-0.2, -0.15) is 0 Å². The van der Waals surface area contributed by atoms with Crippen LogP contribution in [0.25, 0.3) is 0 Å². The van der Waals surface area contributed by atoms with Gasteiger partial charge in [0.25, 0.3) is 0 Å². The van der Waals surface area contributed by atoms with Crippen LogP contribution in [0.3, 0.4) is 0 Å². The fourth-order valence-corrected chi connectivity index (χ4v) is 1.93. The largest absolute Gasteiger partial charge is 0.494 e. The molecule has 1 aromatic rings. The van der Waals surface area contributed by atoms with Gasteiger partial charge < -0.3 is 20.1 Å². The first kappa shape index (κ1) is 13.6. The number of methoxy groups -OCH3 is 1. The summed E-state index contributed by atoms with van der Waals surface area (Å²) in [6.45, 7) is 1.21. The topological polar surface area (TPSA) is 59.6 Å². The Bertz CT molecular complexity index is 448. The highest BCUT2D eigenvalue weighted by Crippen LogP contribution is 2.20. The number of hydrogen-bond donors (Lipinski definition) is 2. The molecule has 1 heterocycles. The lowest BCUT2D eigenvalue weighted by Gasteiger charge is -2.12. The molecule has 0 spiro atoms. The molecule has 2 rings (SSSR count). The molecule has 0 unspecified atom stereocenters. The third kappa shape index (κ3) is 3.82. The van der Waals surface area contributed by atoms with Crippen molar-refractivity contribution in [2.75, 3.05) is 25.6 Å². The Kier molecular flexibility index (Phi) is 4.57. The molecule has 0 aliphatic carbocycles. The number of hydrogen-bond acceptors (Lipinski definition) is 3. The maximum absolute atomic E-state index is 13.4. The van der Waals surface area contributed by atoms with Gasteiger partial charge in [0.15, 0.2) is 11.6 Å². The lowest BCUT2D eigenvalue weighted by Crippen LogP contribution is -2.35. The highest BCUT2D eigenvalue weighted by molar-refractivity contribution is 5.89. The van der Waals surface area contributed by atoms with Gasteiger partial charge in [0.05, 0.1) is 13.2 Å². The number of nitrogens with one attached hydrogen (secondary N) is 2. The summed E-state index contributed by atoms with van der Waals surface area (Å²) < 4.78 is 23.6. The van der Waals surface area contributed by atoms with Crippen LogP contribution in [-0.2, 0) is 4.74 Å². The van der Waals surface area contributed by atoms with Crippen LogP contribution < -0.4 is 15.4 Å². The van der Waals surface area contributed by atoms with Crippen molar-refractivity contribution in [1.82, 2.24) is 5.32 Å². The van der Waals surface area contributed by atoms with Gasteiger partial charge in [-0.1, -0.05) is 0 Å². The van der Waals surface area contributed by atoms with Crippen LogP contribution in [0.5, 0.6) is 5.75 Å². The lowest BCUT2D eigenvalue weighted by molar-refractivity contribution is 0.112. The molecular formula is C13H17FN2O3. The second-order valence-electron chi connectivity index (χ2n) is 4.32. The fourth-order valence-electron chi connectivity index (χ4n) is 1.93. The number of carbonyl (C=O) groups is 1. The number of halogens is 1. The first-order chi connectivity index (χ1) is 9.19. The van der Waals surface area contributed by atoms with Gasteiger partial charge in [-0.25, -0.2) is 9.18 Å². The van der Waals surface area contributed by atoms with E-state index in [-0.39, 0.29) is 17.9 Å². The number of ether oxygens (including phenoxy) is 2. The second-order valence-corrected chi connectivity index (χ2v) is 4.32. The predicted octanol–water partition coefficient (Wildman–Crippen LogP) is 2.13. The molecule has 19 heavy (non-hydrogen) atoms. The minimum Gasteiger partial charge on any atom is -0.494 e. The van der Waals surface area contributed by atoms with E-state index in [1.807, 2.05) is 0 Å². The SMILES string of the molecule is COc1ccc(NC(=O)NC[C@H]2CCCO2)cc1F. The van der Waals surface area contributed by atoms with Crippen molar-refractivity contribution in [2.24, 2.45) is 0 Å². The van der Waals surface area contributed by atoms with Gasteiger partial charge in [0.2, 0.25) is 0 Å². The third-order valence-corrected chi connectivity index (χ3v) is 2.92. The second kappa shape index (κ2) is 6.38. The number of rotatable bonds is 4. The lowest BCUT2D eigenvalue weighted by atomic mass is 10.2. The molecular weight excluding hydrogens is 251 g/mol. The highest BCUT2D eigenvalue weighted by Gasteiger charge is 2.16. The molecule has 0 saturated carbocycles. The maximum Gasteiger partial charge on any atom is 0.319 e. The number of benzene rings is 1. The van der Waals surface area contributed by atoms with E-state index in [1.165, 1.54) is 19.2 Å². The van der Waals surface area contributed by atoms with E-state index in [0.717, 1.165) is 19.4 Å². The van der Waals surface area contributed by atoms with E-state index in [2.05, 4.69) is 10.6 Å². The van der Waals surface area contributed by atoms with Gasteiger partial charge >= 0.3 is 6.03 Å². The summed E-state index contributed by atoms with van der Waals surface area (Å²) in [5.41, 5.74) is 0.378. The van der Waals surface area contributed by atoms with Crippen LogP contribution in [-0.4, -0.2) is 32.4 Å². The normalized spacial score (nSPS) is 18.1. The first-order valence-electron chi connectivity index (χ1n) is 6.19. The van der Waals surface area contributed by atoms with Crippen LogP contribution in [0, 0.1) is 5.82 Å². The third-order valence-electron chi connectivity index (χ3n) is 2.92. The van der Waals surface area contributed by atoms with Crippen LogP contribution in [0.2, 0.25) is 0 Å². The molecule has 1 aromatic carbocycles. The van der Waals surface area contributed by atoms with E-state index in [1.54, 1.807) is 6.07 Å². The molecule has 5 nitrogen and oxygen atoms in total. The molecule has 1 saturated heterocycles. The van der Waals surface area contributed by atoms with E-state index >= 15 is 0 Å². The molecule has 0 bridgehead atoms. The highest BCUT2D eigenvalue weighted by atomic mass is 19.1. The molecule has 1 aliphatic heterocycles. The summed E-state index contributed by atoms with van der Waals surface area (Å²) >= 11 is 0. The van der Waals surface area contributed by atoms with Crippen LogP contribution >= 0.6 is 0 Å². The fraction of sp³-hybridized carbons (Fsp3) is 0.462. The van der Waals surface area contributed by atoms with E-state index in [0.29, 0.717) is 12.2 Å². The molecule has 6 heteroatoms. The van der Waals surface area contributed by atoms with Crippen molar-refractivity contribution >= 4 is 11.7 Å². The van der Waals surface area contributed by atoms with Crippen molar-refractivity contribution in [2.45, 2.75) is 18.9 Å². The van der Waals surface area contributed by atoms with E-state index in [4.69, 9.17) is 9.47 Å². The zero-order chi connectivity index (χ0) is 13.7. The Balaban J connectivity index is 1.82. The Hall–Kier alpha value is -1.82. The number of carbonyl (C=O) groups excluding carboxylic acids is 1. The van der Waals surface area contributed by atoms with E-state index in [9.17, 15) is 9.18 Å². The first-order valence-corrected chi connectivity index (χ1v) is 6.19. The standard InChI is InChI=1S/C13H17FN2O3/c1-18-12-5-4-9(7-11(12)14)16-13(17)15-8-10-3-2-6-19-10/h4-5,7,10H,2-3,6,8H2,1H3,(H2,15,16,17)/t10-/m1/s1. The zero-order valence-electron chi connectivity index (χ0n) is 10.7. The van der Waals surface area contributed by atoms with Gasteiger partial charge in [-0.15, -0.1) is 0 Å². The van der Waals surface area contributed by atoms with Gasteiger partial charge in [-0.3, -0.25) is 0 Å². The number of urea groups is 1. The number of anilines is 1. The Morgan fingerprint density at radius 2 is 2.42 bits per heavy atom. The summed E-state index contributed by atoms with van der Waals surface area (Å²) in [5, 5.41) is 5.25. The monoisotopic (exact) mass is 268 g/mol. The molecule has 2 N–H and O–H groups in total. The smallest absolute Gasteiger partial charge is 0.319 e. The minimum atomic E-state index is -0.514. The van der Waals surface area contributed by atoms with Gasteiger partial charge in [0, 0.05) is 24.9 Å². The summed E-state index contributed by atoms with van der Waals surface area (Å²) in [6.07, 6.45) is 2.06. The molecule has 2 amide bonds. The number of amides is 2. The Morgan fingerprint density at radius 3 is 3.05 bits per heavy atom. The summed E-state index contributed by atoms with van der Waals surface area (Å²) in [4.78, 5) is 11.6. The van der Waals surface area contributed by atoms with E-state index < -0.39 is 5.82 Å². The molecule has 0 radical (unpaired) electrons. The molecule has 1 aliphatic rings. The van der Waals surface area contributed by atoms with Crippen LogP contribution in [0.1, 0.15) is 12.8 Å². The average molecular weight is 268 g/mol. The van der Waals surface area contributed by atoms with Crippen molar-refractivity contribution in [3.8, 4) is 5.75 Å². The molecule has 104 valence electrons. The van der Waals surface area contributed by atoms with Crippen molar-refractivity contribution < 1.29 is 18.7 Å². The molecule has 1 atom stereocenters. The van der Waals surface area contributed by atoms with Crippen molar-refractivity contribution in [3.05, 3.63) is 24.0 Å². The average Bonchev–Trinajstić information content (AvgIpc) is 2.90. The summed E-state index contributed by atoms with van der Waals surface area (Å²) in [5.74, 6) is -0.371. The van der Waals surface area contributed by atoms with Crippen LogP contribution in [0.4, 0.5) is 14.9 Å². The van der Waals surface area contributed by atoms with Crippen molar-refractivity contribution in [3.63, 3.8) is 0 Å². The van der Waals surface area contributed by atoms with Crippen LogP contribution in [0.15, 0.2) is 18.2 Å². The Morgan fingerprint density at radius 1 is 1.58 bits per heavy atom. The van der Waals surface area contributed by atoms with Gasteiger partial charge in [0.1, 0.15) is 0 Å². The Labute approximate surface area is 111 Å². The molecule has 0 aromatic heterocycles. The maximum atomic E-state index is 13.4. The van der Waals surface area contributed by atoms with Gasteiger partial charge in [-0.05, 0) is 25.0 Å². The summed E-state index contributed by atoms with van der Waals surface area (Å²) in [7, 11) is 1.39. The minimum absolute atomic E-state index is 0.0818. The zero-order valence-corrected chi connectivity index (χ0v) is 10.7. The molecule has 1 fully saturated rings. The quantitative estimate of drug-likeness (QED) is 0.879.